The van der Waals surface area contributed by atoms with Crippen molar-refractivity contribution in [3.05, 3.63) is 0 Å². The monoisotopic (exact) mass is 295 g/mol. The standard InChI is InChI=1S/C19H37NO/c1-14(2)11-20(12-15(3)4)13-16-10-17(19(5,6)7)8-9-18(16)21/h14-17H,8-13H2,1-7H3. The summed E-state index contributed by atoms with van der Waals surface area (Å²) < 4.78 is 0. The van der Waals surface area contributed by atoms with E-state index in [0.29, 0.717) is 29.0 Å². The zero-order valence-corrected chi connectivity index (χ0v) is 15.4. The Hall–Kier alpha value is -0.370. The molecule has 1 aliphatic rings. The van der Waals surface area contributed by atoms with Gasteiger partial charge in [-0.2, -0.15) is 0 Å². The number of carbonyl (C=O) groups excluding carboxylic acids is 1. The molecule has 0 aromatic carbocycles. The van der Waals surface area contributed by atoms with Gasteiger partial charge in [0.05, 0.1) is 0 Å². The molecule has 124 valence electrons. The van der Waals surface area contributed by atoms with Crippen LogP contribution in [0.15, 0.2) is 0 Å². The van der Waals surface area contributed by atoms with E-state index in [-0.39, 0.29) is 5.92 Å². The van der Waals surface area contributed by atoms with Crippen molar-refractivity contribution in [1.82, 2.24) is 4.90 Å². The lowest BCUT2D eigenvalue weighted by Crippen LogP contribution is -2.41. The normalized spacial score (nSPS) is 24.4. The second kappa shape index (κ2) is 7.76. The number of hydrogen-bond donors (Lipinski definition) is 0. The molecule has 0 radical (unpaired) electrons. The van der Waals surface area contributed by atoms with Crippen molar-refractivity contribution < 1.29 is 4.79 Å². The van der Waals surface area contributed by atoms with Gasteiger partial charge >= 0.3 is 0 Å². The average Bonchev–Trinajstić information content (AvgIpc) is 2.28. The predicted octanol–water partition coefficient (Wildman–Crippen LogP) is 4.63. The van der Waals surface area contributed by atoms with E-state index in [9.17, 15) is 4.79 Å². The van der Waals surface area contributed by atoms with Crippen LogP contribution in [0.5, 0.6) is 0 Å². The number of hydrogen-bond acceptors (Lipinski definition) is 2. The molecule has 0 bridgehead atoms. The van der Waals surface area contributed by atoms with Crippen LogP contribution < -0.4 is 0 Å². The number of nitrogens with zero attached hydrogens (tertiary/aromatic N) is 1. The summed E-state index contributed by atoms with van der Waals surface area (Å²) >= 11 is 0. The SMILES string of the molecule is CC(C)CN(CC(C)C)CC1CC(C(C)(C)C)CCC1=O. The fourth-order valence-corrected chi connectivity index (χ4v) is 3.64. The van der Waals surface area contributed by atoms with E-state index in [1.807, 2.05) is 0 Å². The van der Waals surface area contributed by atoms with Crippen LogP contribution in [0.3, 0.4) is 0 Å². The highest BCUT2D eigenvalue weighted by Crippen LogP contribution is 2.39. The summed E-state index contributed by atoms with van der Waals surface area (Å²) in [6.07, 6.45) is 2.98. The third kappa shape index (κ3) is 6.50. The minimum atomic E-state index is 0.264. The lowest BCUT2D eigenvalue weighted by atomic mass is 9.68. The van der Waals surface area contributed by atoms with Crippen LogP contribution in [-0.2, 0) is 4.79 Å². The van der Waals surface area contributed by atoms with Gasteiger partial charge in [-0.05, 0) is 36.0 Å². The zero-order chi connectivity index (χ0) is 16.2. The smallest absolute Gasteiger partial charge is 0.137 e. The van der Waals surface area contributed by atoms with Gasteiger partial charge in [-0.15, -0.1) is 0 Å². The lowest BCUT2D eigenvalue weighted by Gasteiger charge is -2.39. The van der Waals surface area contributed by atoms with Gasteiger partial charge in [0.25, 0.3) is 0 Å². The van der Waals surface area contributed by atoms with Crippen molar-refractivity contribution in [3.8, 4) is 0 Å². The molecule has 0 aromatic rings. The minimum Gasteiger partial charge on any atom is -0.302 e. The van der Waals surface area contributed by atoms with E-state index in [1.54, 1.807) is 0 Å². The lowest BCUT2D eigenvalue weighted by molar-refractivity contribution is -0.127. The van der Waals surface area contributed by atoms with Crippen molar-refractivity contribution in [2.75, 3.05) is 19.6 Å². The molecular weight excluding hydrogens is 258 g/mol. The van der Waals surface area contributed by atoms with Gasteiger partial charge in [0.2, 0.25) is 0 Å². The molecule has 1 aliphatic carbocycles. The third-order valence-electron chi connectivity index (χ3n) is 4.71. The molecule has 0 N–H and O–H groups in total. The van der Waals surface area contributed by atoms with Crippen LogP contribution in [0.2, 0.25) is 0 Å². The molecule has 1 saturated carbocycles. The Kier molecular flexibility index (Phi) is 6.90. The maximum Gasteiger partial charge on any atom is 0.137 e. The number of rotatable bonds is 6. The molecule has 21 heavy (non-hydrogen) atoms. The first-order valence-corrected chi connectivity index (χ1v) is 8.84. The molecule has 0 aliphatic heterocycles. The van der Waals surface area contributed by atoms with Crippen LogP contribution in [0.4, 0.5) is 0 Å². The van der Waals surface area contributed by atoms with E-state index in [0.717, 1.165) is 38.9 Å². The molecule has 2 unspecified atom stereocenters. The molecule has 0 heterocycles. The molecule has 2 heteroatoms. The molecule has 0 saturated heterocycles. The van der Waals surface area contributed by atoms with Crippen LogP contribution >= 0.6 is 0 Å². The Morgan fingerprint density at radius 2 is 1.62 bits per heavy atom. The summed E-state index contributed by atoms with van der Waals surface area (Å²) in [6, 6.07) is 0. The van der Waals surface area contributed by atoms with Gasteiger partial charge < -0.3 is 4.90 Å². The Bertz CT molecular complexity index is 317. The highest BCUT2D eigenvalue weighted by molar-refractivity contribution is 5.82. The maximum atomic E-state index is 12.3. The fourth-order valence-electron chi connectivity index (χ4n) is 3.64. The van der Waals surface area contributed by atoms with E-state index in [4.69, 9.17) is 0 Å². The van der Waals surface area contributed by atoms with Crippen molar-refractivity contribution >= 4 is 5.78 Å². The molecule has 0 aromatic heterocycles. The number of carbonyl (C=O) groups is 1. The Morgan fingerprint density at radius 3 is 2.05 bits per heavy atom. The van der Waals surface area contributed by atoms with Gasteiger partial charge in [0.15, 0.2) is 0 Å². The van der Waals surface area contributed by atoms with Gasteiger partial charge in [0, 0.05) is 32.0 Å². The third-order valence-corrected chi connectivity index (χ3v) is 4.71. The summed E-state index contributed by atoms with van der Waals surface area (Å²) in [5.74, 6) is 2.80. The van der Waals surface area contributed by atoms with Crippen molar-refractivity contribution in [1.29, 1.82) is 0 Å². The Morgan fingerprint density at radius 1 is 1.10 bits per heavy atom. The molecular formula is C19H37NO. The molecule has 1 fully saturated rings. The molecule has 1 rings (SSSR count). The van der Waals surface area contributed by atoms with Crippen molar-refractivity contribution in [2.45, 2.75) is 67.7 Å². The van der Waals surface area contributed by atoms with Crippen LogP contribution in [0.25, 0.3) is 0 Å². The second-order valence-electron chi connectivity index (χ2n) is 9.01. The topological polar surface area (TPSA) is 20.3 Å². The molecule has 0 amide bonds. The minimum absolute atomic E-state index is 0.264. The molecule has 2 nitrogen and oxygen atoms in total. The van der Waals surface area contributed by atoms with Gasteiger partial charge in [-0.3, -0.25) is 4.79 Å². The van der Waals surface area contributed by atoms with Gasteiger partial charge in [-0.25, -0.2) is 0 Å². The summed E-state index contributed by atoms with van der Waals surface area (Å²) in [5, 5.41) is 0. The molecule has 0 spiro atoms. The summed E-state index contributed by atoms with van der Waals surface area (Å²) in [5.41, 5.74) is 0.333. The molecule has 2 atom stereocenters. The van der Waals surface area contributed by atoms with E-state index >= 15 is 0 Å². The van der Waals surface area contributed by atoms with Crippen LogP contribution in [0, 0.1) is 29.1 Å². The summed E-state index contributed by atoms with van der Waals surface area (Å²) in [6.45, 7) is 19.3. The average molecular weight is 296 g/mol. The second-order valence-corrected chi connectivity index (χ2v) is 9.01. The first-order chi connectivity index (χ1) is 9.59. The largest absolute Gasteiger partial charge is 0.302 e. The van der Waals surface area contributed by atoms with Gasteiger partial charge in [-0.1, -0.05) is 48.5 Å². The number of ketones is 1. The highest BCUT2D eigenvalue weighted by atomic mass is 16.1. The summed E-state index contributed by atoms with van der Waals surface area (Å²) in [7, 11) is 0. The first kappa shape index (κ1) is 18.7. The zero-order valence-electron chi connectivity index (χ0n) is 15.4. The highest BCUT2D eigenvalue weighted by Gasteiger charge is 2.35. The fraction of sp³-hybridized carbons (Fsp3) is 0.947. The van der Waals surface area contributed by atoms with Crippen molar-refractivity contribution in [3.63, 3.8) is 0 Å². The van der Waals surface area contributed by atoms with Crippen LogP contribution in [0.1, 0.15) is 67.7 Å². The first-order valence-electron chi connectivity index (χ1n) is 8.84. The van der Waals surface area contributed by atoms with Gasteiger partial charge in [0.1, 0.15) is 5.78 Å². The quantitative estimate of drug-likeness (QED) is 0.712. The Labute approximate surface area is 132 Å². The van der Waals surface area contributed by atoms with E-state index in [2.05, 4.69) is 53.4 Å². The van der Waals surface area contributed by atoms with E-state index in [1.165, 1.54) is 0 Å². The van der Waals surface area contributed by atoms with Crippen LogP contribution in [-0.4, -0.2) is 30.3 Å². The number of Topliss-reactive ketones (excluding diaryl/α,β-unsaturated/α-hetero) is 1. The summed E-state index contributed by atoms with van der Waals surface area (Å²) in [4.78, 5) is 14.9. The maximum absolute atomic E-state index is 12.3. The van der Waals surface area contributed by atoms with Crippen molar-refractivity contribution in [2.24, 2.45) is 29.1 Å². The Balaban J connectivity index is 2.68. The van der Waals surface area contributed by atoms with E-state index < -0.39 is 0 Å². The predicted molar refractivity (Wildman–Crippen MR) is 91.4 cm³/mol.